The van der Waals surface area contributed by atoms with Crippen LogP contribution in [0.25, 0.3) is 10.9 Å². The average molecular weight is 229 g/mol. The van der Waals surface area contributed by atoms with Gasteiger partial charge in [-0.3, -0.25) is 0 Å². The maximum atomic E-state index is 13.2. The van der Waals surface area contributed by atoms with E-state index in [1.807, 2.05) is 6.07 Å². The number of aryl methyl sites for hydroxylation is 1. The first-order chi connectivity index (χ1) is 5.70. The van der Waals surface area contributed by atoms with Crippen LogP contribution in [0.2, 0.25) is 0 Å². The Balaban J connectivity index is 2.98. The lowest BCUT2D eigenvalue weighted by Crippen LogP contribution is -1.89. The second kappa shape index (κ2) is 2.55. The summed E-state index contributed by atoms with van der Waals surface area (Å²) in [5.74, 6) is -0.291. The summed E-state index contributed by atoms with van der Waals surface area (Å²) in [5, 5.41) is 0.803. The van der Waals surface area contributed by atoms with E-state index in [9.17, 15) is 4.39 Å². The number of aromatic nitrogens is 2. The summed E-state index contributed by atoms with van der Waals surface area (Å²) in [6, 6.07) is 1.83. The molecule has 0 aliphatic carbocycles. The molecule has 0 aliphatic heterocycles. The third kappa shape index (κ3) is 0.948. The number of hydrogen-bond acceptors (Lipinski definition) is 1. The van der Waals surface area contributed by atoms with Crippen molar-refractivity contribution in [2.24, 2.45) is 7.05 Å². The molecular formula is C8H6BrFN2. The number of halogens is 2. The molecule has 62 valence electrons. The lowest BCUT2D eigenvalue weighted by Gasteiger charge is -1.98. The van der Waals surface area contributed by atoms with Crippen molar-refractivity contribution in [1.82, 2.24) is 9.55 Å². The Morgan fingerprint density at radius 2 is 2.33 bits per heavy atom. The summed E-state index contributed by atoms with van der Waals surface area (Å²) in [7, 11) is 1.80. The molecule has 2 nitrogen and oxygen atoms in total. The standard InChI is InChI=1S/C8H6BrFN2/c1-12-3-2-5-7(12)6(10)4-11-8(5)9/h2-4H,1H3. The van der Waals surface area contributed by atoms with Crippen LogP contribution in [0.4, 0.5) is 4.39 Å². The molecule has 0 saturated heterocycles. The highest BCUT2D eigenvalue weighted by Crippen LogP contribution is 2.23. The molecule has 0 N–H and O–H groups in total. The third-order valence-electron chi connectivity index (χ3n) is 1.81. The van der Waals surface area contributed by atoms with Crippen molar-refractivity contribution in [2.75, 3.05) is 0 Å². The molecule has 0 radical (unpaired) electrons. The smallest absolute Gasteiger partial charge is 0.165 e. The van der Waals surface area contributed by atoms with Gasteiger partial charge in [-0.25, -0.2) is 9.37 Å². The molecule has 2 aromatic heterocycles. The van der Waals surface area contributed by atoms with E-state index in [1.165, 1.54) is 6.20 Å². The second-order valence-electron chi connectivity index (χ2n) is 2.59. The maximum Gasteiger partial charge on any atom is 0.165 e. The molecule has 2 aromatic rings. The van der Waals surface area contributed by atoms with E-state index >= 15 is 0 Å². The van der Waals surface area contributed by atoms with Gasteiger partial charge in [0, 0.05) is 18.6 Å². The van der Waals surface area contributed by atoms with Crippen LogP contribution in [0.3, 0.4) is 0 Å². The Hall–Kier alpha value is -0.900. The van der Waals surface area contributed by atoms with Crippen molar-refractivity contribution < 1.29 is 4.39 Å². The zero-order valence-electron chi connectivity index (χ0n) is 6.38. The molecule has 0 aromatic carbocycles. The zero-order chi connectivity index (χ0) is 8.72. The first-order valence-electron chi connectivity index (χ1n) is 3.45. The van der Waals surface area contributed by atoms with Gasteiger partial charge in [0.25, 0.3) is 0 Å². The van der Waals surface area contributed by atoms with Gasteiger partial charge in [0.15, 0.2) is 5.82 Å². The molecule has 0 fully saturated rings. The van der Waals surface area contributed by atoms with E-state index in [-0.39, 0.29) is 5.82 Å². The van der Waals surface area contributed by atoms with Crippen LogP contribution in [0.1, 0.15) is 0 Å². The van der Waals surface area contributed by atoms with Crippen molar-refractivity contribution in [3.05, 3.63) is 28.9 Å². The molecule has 0 aliphatic rings. The summed E-state index contributed by atoms with van der Waals surface area (Å²) >= 11 is 3.25. The maximum absolute atomic E-state index is 13.2. The van der Waals surface area contributed by atoms with Gasteiger partial charge in [-0.15, -0.1) is 0 Å². The van der Waals surface area contributed by atoms with Crippen LogP contribution >= 0.6 is 15.9 Å². The van der Waals surface area contributed by atoms with Gasteiger partial charge in [-0.2, -0.15) is 0 Å². The monoisotopic (exact) mass is 228 g/mol. The van der Waals surface area contributed by atoms with E-state index in [1.54, 1.807) is 17.8 Å². The van der Waals surface area contributed by atoms with Gasteiger partial charge < -0.3 is 4.57 Å². The third-order valence-corrected chi connectivity index (χ3v) is 2.44. The van der Waals surface area contributed by atoms with Crippen molar-refractivity contribution >= 4 is 26.8 Å². The molecule has 12 heavy (non-hydrogen) atoms. The summed E-state index contributed by atoms with van der Waals surface area (Å²) in [4.78, 5) is 3.85. The van der Waals surface area contributed by atoms with Gasteiger partial charge in [-0.1, -0.05) is 0 Å². The second-order valence-corrected chi connectivity index (χ2v) is 3.34. The van der Waals surface area contributed by atoms with Gasteiger partial charge in [-0.05, 0) is 22.0 Å². The number of nitrogens with zero attached hydrogens (tertiary/aromatic N) is 2. The molecule has 2 heterocycles. The normalized spacial score (nSPS) is 10.9. The summed E-state index contributed by atoms with van der Waals surface area (Å²) in [6.45, 7) is 0. The van der Waals surface area contributed by atoms with Crippen LogP contribution in [-0.2, 0) is 7.05 Å². The molecule has 4 heteroatoms. The fourth-order valence-corrected chi connectivity index (χ4v) is 1.66. The van der Waals surface area contributed by atoms with Gasteiger partial charge in [0.1, 0.15) is 4.60 Å². The number of hydrogen-bond donors (Lipinski definition) is 0. The number of rotatable bonds is 0. The predicted molar refractivity (Wildman–Crippen MR) is 48.4 cm³/mol. The molecular weight excluding hydrogens is 223 g/mol. The minimum atomic E-state index is -0.291. The van der Waals surface area contributed by atoms with Crippen LogP contribution in [0, 0.1) is 5.82 Å². The first kappa shape index (κ1) is 7.73. The fraction of sp³-hybridized carbons (Fsp3) is 0.125. The zero-order valence-corrected chi connectivity index (χ0v) is 7.97. The first-order valence-corrected chi connectivity index (χ1v) is 4.24. The molecule has 0 saturated carbocycles. The van der Waals surface area contributed by atoms with Crippen molar-refractivity contribution in [3.63, 3.8) is 0 Å². The lowest BCUT2D eigenvalue weighted by atomic mass is 10.3. The molecule has 0 spiro atoms. The largest absolute Gasteiger partial charge is 0.348 e. The van der Waals surface area contributed by atoms with Crippen LogP contribution in [0.15, 0.2) is 23.1 Å². The lowest BCUT2D eigenvalue weighted by molar-refractivity contribution is 0.625. The Morgan fingerprint density at radius 3 is 3.00 bits per heavy atom. The quantitative estimate of drug-likeness (QED) is 0.634. The molecule has 2 rings (SSSR count). The molecule has 0 bridgehead atoms. The summed E-state index contributed by atoms with van der Waals surface area (Å²) < 4.78 is 15.6. The summed E-state index contributed by atoms with van der Waals surface area (Å²) in [5.41, 5.74) is 0.580. The van der Waals surface area contributed by atoms with Gasteiger partial charge in [0.2, 0.25) is 0 Å². The van der Waals surface area contributed by atoms with E-state index in [4.69, 9.17) is 0 Å². The minimum absolute atomic E-state index is 0.291. The summed E-state index contributed by atoms with van der Waals surface area (Å²) in [6.07, 6.45) is 3.02. The van der Waals surface area contributed by atoms with Crippen LogP contribution < -0.4 is 0 Å². The highest BCUT2D eigenvalue weighted by atomic mass is 79.9. The highest BCUT2D eigenvalue weighted by Gasteiger charge is 2.07. The van der Waals surface area contributed by atoms with Crippen LogP contribution in [0.5, 0.6) is 0 Å². The van der Waals surface area contributed by atoms with Gasteiger partial charge >= 0.3 is 0 Å². The van der Waals surface area contributed by atoms with E-state index in [2.05, 4.69) is 20.9 Å². The Kier molecular flexibility index (Phi) is 1.65. The predicted octanol–water partition coefficient (Wildman–Crippen LogP) is 2.47. The highest BCUT2D eigenvalue weighted by molar-refractivity contribution is 9.10. The Labute approximate surface area is 77.1 Å². The van der Waals surface area contributed by atoms with E-state index < -0.39 is 0 Å². The number of pyridine rings is 1. The SMILES string of the molecule is Cn1ccc2c(Br)ncc(F)c21. The van der Waals surface area contributed by atoms with Crippen molar-refractivity contribution in [3.8, 4) is 0 Å². The Bertz CT molecular complexity index is 436. The van der Waals surface area contributed by atoms with E-state index in [0.29, 0.717) is 10.1 Å². The topological polar surface area (TPSA) is 17.8 Å². The fourth-order valence-electron chi connectivity index (χ4n) is 1.24. The minimum Gasteiger partial charge on any atom is -0.348 e. The molecule has 0 amide bonds. The van der Waals surface area contributed by atoms with E-state index in [0.717, 1.165) is 5.39 Å². The average Bonchev–Trinajstić information content (AvgIpc) is 2.42. The number of fused-ring (bicyclic) bond motifs is 1. The molecule has 0 atom stereocenters. The molecule has 0 unspecified atom stereocenters. The Morgan fingerprint density at radius 1 is 1.58 bits per heavy atom. The van der Waals surface area contributed by atoms with Crippen molar-refractivity contribution in [2.45, 2.75) is 0 Å². The van der Waals surface area contributed by atoms with Crippen LogP contribution in [-0.4, -0.2) is 9.55 Å². The van der Waals surface area contributed by atoms with Gasteiger partial charge in [0.05, 0.1) is 11.7 Å². The van der Waals surface area contributed by atoms with Crippen molar-refractivity contribution in [1.29, 1.82) is 0 Å².